The van der Waals surface area contributed by atoms with Crippen LogP contribution in [0.2, 0.25) is 0 Å². The van der Waals surface area contributed by atoms with Gasteiger partial charge in [0.15, 0.2) is 0 Å². The Morgan fingerprint density at radius 3 is 2.41 bits per heavy atom. The maximum Gasteiger partial charge on any atom is 0.416 e. The van der Waals surface area contributed by atoms with Gasteiger partial charge in [0.05, 0.1) is 5.56 Å². The molecule has 0 unspecified atom stereocenters. The van der Waals surface area contributed by atoms with E-state index in [1.54, 1.807) is 12.1 Å². The molecule has 0 aliphatic rings. The van der Waals surface area contributed by atoms with E-state index in [2.05, 4.69) is 4.98 Å². The Balaban J connectivity index is 1.90. The van der Waals surface area contributed by atoms with E-state index in [9.17, 15) is 22.4 Å². The van der Waals surface area contributed by atoms with Crippen molar-refractivity contribution in [2.24, 2.45) is 0 Å². The number of hydrogen-bond acceptors (Lipinski definition) is 2. The van der Waals surface area contributed by atoms with Crippen LogP contribution in [0, 0.1) is 5.82 Å². The fourth-order valence-corrected chi connectivity index (χ4v) is 3.04. The van der Waals surface area contributed by atoms with Crippen molar-refractivity contribution in [3.63, 3.8) is 0 Å². The van der Waals surface area contributed by atoms with Crippen LogP contribution < -0.4 is 0 Å². The van der Waals surface area contributed by atoms with Crippen LogP contribution >= 0.6 is 0 Å². The van der Waals surface area contributed by atoms with Crippen molar-refractivity contribution in [3.05, 3.63) is 71.2 Å². The van der Waals surface area contributed by atoms with E-state index in [0.717, 1.165) is 12.1 Å². The van der Waals surface area contributed by atoms with Crippen molar-refractivity contribution in [2.45, 2.75) is 12.7 Å². The molecule has 0 spiro atoms. The van der Waals surface area contributed by atoms with Crippen molar-refractivity contribution in [1.29, 1.82) is 0 Å². The molecule has 4 nitrogen and oxygen atoms in total. The molecule has 1 aromatic heterocycles. The molecule has 0 aliphatic carbocycles. The number of fused-ring (bicyclic) bond motifs is 1. The molecule has 0 aliphatic heterocycles. The summed E-state index contributed by atoms with van der Waals surface area (Å²) in [6.45, 7) is 0.841. The highest BCUT2D eigenvalue weighted by Crippen LogP contribution is 2.30. The predicted molar refractivity (Wildman–Crippen MR) is 103 cm³/mol. The fraction of sp³-hybridized carbons (Fsp3) is 0.286. The second-order valence-electron chi connectivity index (χ2n) is 7.11. The maximum atomic E-state index is 14.0. The molecule has 0 radical (unpaired) electrons. The predicted octanol–water partition coefficient (Wildman–Crippen LogP) is 4.53. The van der Waals surface area contributed by atoms with E-state index in [1.807, 2.05) is 19.0 Å². The summed E-state index contributed by atoms with van der Waals surface area (Å²) in [5.41, 5.74) is 0.285. The zero-order valence-electron chi connectivity index (χ0n) is 16.1. The van der Waals surface area contributed by atoms with Gasteiger partial charge < -0.3 is 14.8 Å². The molecule has 1 amide bonds. The van der Waals surface area contributed by atoms with Crippen LogP contribution in [-0.4, -0.2) is 47.9 Å². The van der Waals surface area contributed by atoms with Crippen LogP contribution in [0.25, 0.3) is 10.9 Å². The number of amides is 1. The molecule has 0 saturated heterocycles. The minimum absolute atomic E-state index is 0.00837. The SMILES string of the molecule is CN(C)CCN(Cc1cccc(C(F)(F)F)c1)C(=O)c1cc2c(F)cccc2[nH]1. The van der Waals surface area contributed by atoms with E-state index in [-0.39, 0.29) is 12.2 Å². The standard InChI is InChI=1S/C21H21F4N3O/c1-27(2)9-10-28(13-14-5-3-6-15(11-14)21(23,24)25)20(29)19-12-16-17(22)7-4-8-18(16)26-19/h3-8,11-12,26H,9-10,13H2,1-2H3. The highest BCUT2D eigenvalue weighted by atomic mass is 19.4. The van der Waals surface area contributed by atoms with Gasteiger partial charge in [0.25, 0.3) is 5.91 Å². The summed E-state index contributed by atoms with van der Waals surface area (Å²) >= 11 is 0. The number of nitrogens with one attached hydrogen (secondary N) is 1. The van der Waals surface area contributed by atoms with Gasteiger partial charge in [0.2, 0.25) is 0 Å². The van der Waals surface area contributed by atoms with Gasteiger partial charge >= 0.3 is 6.18 Å². The first-order chi connectivity index (χ1) is 13.6. The summed E-state index contributed by atoms with van der Waals surface area (Å²) in [5.74, 6) is -0.851. The van der Waals surface area contributed by atoms with Gasteiger partial charge in [-0.05, 0) is 50.0 Å². The minimum atomic E-state index is -4.46. The Hall–Kier alpha value is -2.87. The highest BCUT2D eigenvalue weighted by molar-refractivity contribution is 5.98. The van der Waals surface area contributed by atoms with E-state index in [1.165, 1.54) is 29.2 Å². The molecule has 0 fully saturated rings. The first-order valence-electron chi connectivity index (χ1n) is 9.02. The second-order valence-corrected chi connectivity index (χ2v) is 7.11. The maximum absolute atomic E-state index is 14.0. The number of H-pyrrole nitrogens is 1. The Morgan fingerprint density at radius 2 is 1.76 bits per heavy atom. The molecule has 29 heavy (non-hydrogen) atoms. The van der Waals surface area contributed by atoms with Gasteiger partial charge in [-0.3, -0.25) is 4.79 Å². The van der Waals surface area contributed by atoms with Crippen molar-refractivity contribution in [1.82, 2.24) is 14.8 Å². The lowest BCUT2D eigenvalue weighted by molar-refractivity contribution is -0.137. The van der Waals surface area contributed by atoms with Crippen molar-refractivity contribution in [2.75, 3.05) is 27.2 Å². The molecule has 1 heterocycles. The molecular weight excluding hydrogens is 386 g/mol. The number of benzene rings is 2. The van der Waals surface area contributed by atoms with E-state index in [0.29, 0.717) is 29.6 Å². The summed E-state index contributed by atoms with van der Waals surface area (Å²) in [4.78, 5) is 19.3. The molecule has 8 heteroatoms. The lowest BCUT2D eigenvalue weighted by Crippen LogP contribution is -2.36. The summed E-state index contributed by atoms with van der Waals surface area (Å²) in [5, 5.41) is 0.294. The third-order valence-electron chi connectivity index (χ3n) is 4.57. The van der Waals surface area contributed by atoms with Gasteiger partial charge in [0, 0.05) is 30.5 Å². The monoisotopic (exact) mass is 407 g/mol. The average molecular weight is 407 g/mol. The molecular formula is C21H21F4N3O. The Bertz CT molecular complexity index is 1010. The molecule has 2 aromatic carbocycles. The first kappa shape index (κ1) is 20.9. The van der Waals surface area contributed by atoms with Crippen molar-refractivity contribution >= 4 is 16.8 Å². The summed E-state index contributed by atoms with van der Waals surface area (Å²) in [6, 6.07) is 10.8. The van der Waals surface area contributed by atoms with Crippen LogP contribution in [0.4, 0.5) is 17.6 Å². The third-order valence-corrected chi connectivity index (χ3v) is 4.57. The average Bonchev–Trinajstić information content (AvgIpc) is 3.10. The number of rotatable bonds is 6. The lowest BCUT2D eigenvalue weighted by atomic mass is 10.1. The Kier molecular flexibility index (Phi) is 5.93. The molecule has 1 N–H and O–H groups in total. The smallest absolute Gasteiger partial charge is 0.350 e. The quantitative estimate of drug-likeness (QED) is 0.610. The molecule has 3 aromatic rings. The lowest BCUT2D eigenvalue weighted by Gasteiger charge is -2.24. The number of halogens is 4. The second kappa shape index (κ2) is 8.24. The van der Waals surface area contributed by atoms with Gasteiger partial charge in [-0.25, -0.2) is 4.39 Å². The number of aromatic nitrogens is 1. The summed E-state index contributed by atoms with van der Waals surface area (Å²) < 4.78 is 53.0. The topological polar surface area (TPSA) is 39.3 Å². The molecule has 0 saturated carbocycles. The number of alkyl halides is 3. The van der Waals surface area contributed by atoms with Crippen LogP contribution in [-0.2, 0) is 12.7 Å². The summed E-state index contributed by atoms with van der Waals surface area (Å²) in [6.07, 6.45) is -4.46. The van der Waals surface area contributed by atoms with Gasteiger partial charge in [-0.1, -0.05) is 18.2 Å². The van der Waals surface area contributed by atoms with Gasteiger partial charge in [-0.2, -0.15) is 13.2 Å². The van der Waals surface area contributed by atoms with Crippen molar-refractivity contribution < 1.29 is 22.4 Å². The molecule has 0 bridgehead atoms. The minimum Gasteiger partial charge on any atom is -0.350 e. The molecule has 154 valence electrons. The van der Waals surface area contributed by atoms with E-state index in [4.69, 9.17) is 0 Å². The van der Waals surface area contributed by atoms with Crippen LogP contribution in [0.3, 0.4) is 0 Å². The van der Waals surface area contributed by atoms with Crippen LogP contribution in [0.5, 0.6) is 0 Å². The largest absolute Gasteiger partial charge is 0.416 e. The number of aromatic amines is 1. The van der Waals surface area contributed by atoms with Crippen LogP contribution in [0.1, 0.15) is 21.6 Å². The van der Waals surface area contributed by atoms with Crippen molar-refractivity contribution in [3.8, 4) is 0 Å². The highest BCUT2D eigenvalue weighted by Gasteiger charge is 2.30. The molecule has 0 atom stereocenters. The Morgan fingerprint density at radius 1 is 1.03 bits per heavy atom. The fourth-order valence-electron chi connectivity index (χ4n) is 3.04. The number of nitrogens with zero attached hydrogens (tertiary/aromatic N) is 2. The van der Waals surface area contributed by atoms with E-state index < -0.39 is 23.5 Å². The number of likely N-dealkylation sites (N-methyl/N-ethyl adjacent to an activating group) is 1. The number of carbonyl (C=O) groups excluding carboxylic acids is 1. The summed E-state index contributed by atoms with van der Waals surface area (Å²) in [7, 11) is 3.68. The van der Waals surface area contributed by atoms with Gasteiger partial charge in [0.1, 0.15) is 11.5 Å². The normalized spacial score (nSPS) is 12.0. The Labute approximate surface area is 165 Å². The zero-order chi connectivity index (χ0) is 21.2. The third kappa shape index (κ3) is 4.95. The van der Waals surface area contributed by atoms with E-state index >= 15 is 0 Å². The number of carbonyl (C=O) groups is 1. The van der Waals surface area contributed by atoms with Gasteiger partial charge in [-0.15, -0.1) is 0 Å². The zero-order valence-corrected chi connectivity index (χ0v) is 16.1. The molecule has 3 rings (SSSR count). The van der Waals surface area contributed by atoms with Crippen LogP contribution in [0.15, 0.2) is 48.5 Å². The first-order valence-corrected chi connectivity index (χ1v) is 9.02. The number of hydrogen-bond donors (Lipinski definition) is 1.